The fourth-order valence-corrected chi connectivity index (χ4v) is 3.48. The average molecular weight is 394 g/mol. The molecule has 0 aliphatic heterocycles. The number of nitrogens with zero attached hydrogens (tertiary/aromatic N) is 3. The summed E-state index contributed by atoms with van der Waals surface area (Å²) in [5.74, 6) is 0. The fourth-order valence-electron chi connectivity index (χ4n) is 3.48. The predicted octanol–water partition coefficient (Wildman–Crippen LogP) is 6.59. The number of aromatic nitrogens is 2. The van der Waals surface area contributed by atoms with E-state index in [4.69, 9.17) is 5.26 Å². The van der Waals surface area contributed by atoms with Crippen molar-refractivity contribution in [3.05, 3.63) is 18.7 Å². The first kappa shape index (κ1) is 25.9. The number of nitriles is 1. The van der Waals surface area contributed by atoms with Crippen LogP contribution >= 0.6 is 0 Å². The van der Waals surface area contributed by atoms with E-state index in [-0.39, 0.29) is 0 Å². The second-order valence-electron chi connectivity index (χ2n) is 7.71. The lowest BCUT2D eigenvalue weighted by molar-refractivity contribution is -0.671. The van der Waals surface area contributed by atoms with E-state index in [0.717, 1.165) is 0 Å². The van der Waals surface area contributed by atoms with E-state index in [1.165, 1.54) is 115 Å². The van der Waals surface area contributed by atoms with Gasteiger partial charge in [0.05, 0.1) is 13.6 Å². The topological polar surface area (TPSA) is 32.6 Å². The van der Waals surface area contributed by atoms with E-state index in [1.54, 1.807) is 0 Å². The maximum atomic E-state index is 7.13. The molecule has 1 rings (SSSR count). The van der Waals surface area contributed by atoms with Crippen molar-refractivity contribution in [1.82, 2.24) is 4.57 Å². The second-order valence-corrected chi connectivity index (χ2v) is 7.89. The molecule has 0 saturated heterocycles. The highest BCUT2D eigenvalue weighted by Crippen LogP contribution is 2.13. The van der Waals surface area contributed by atoms with Gasteiger partial charge in [0.2, 0.25) is 6.33 Å². The SMILES string of the molecule is CCCCCCCCCCCCCCCCCCn1cc[n+](C)c1.N#C[S-]. The monoisotopic (exact) mass is 393 g/mol. The summed E-state index contributed by atoms with van der Waals surface area (Å²) in [6.45, 7) is 3.48. The number of hydrogen-bond acceptors (Lipinski definition) is 2. The van der Waals surface area contributed by atoms with E-state index in [1.807, 2.05) is 0 Å². The summed E-state index contributed by atoms with van der Waals surface area (Å²) in [5, 5.41) is 8.47. The number of unbranched alkanes of at least 4 members (excludes halogenated alkanes) is 15. The van der Waals surface area contributed by atoms with E-state index < -0.39 is 0 Å². The lowest BCUT2D eigenvalue weighted by atomic mass is 10.0. The maximum Gasteiger partial charge on any atom is 0.243 e. The molecule has 0 unspecified atom stereocenters. The molecule has 0 aromatic carbocycles. The van der Waals surface area contributed by atoms with Gasteiger partial charge in [-0.2, -0.15) is 0 Å². The van der Waals surface area contributed by atoms with Gasteiger partial charge in [-0.25, -0.2) is 14.4 Å². The fraction of sp³-hybridized carbons (Fsp3) is 0.826. The summed E-state index contributed by atoms with van der Waals surface area (Å²) in [4.78, 5) is 0. The number of hydrogen-bond donors (Lipinski definition) is 0. The van der Waals surface area contributed by atoms with Crippen molar-refractivity contribution < 1.29 is 4.57 Å². The Bertz CT molecular complexity index is 451. The van der Waals surface area contributed by atoms with Crippen LogP contribution in [0.3, 0.4) is 0 Å². The smallest absolute Gasteiger partial charge is 0.243 e. The zero-order chi connectivity index (χ0) is 20.0. The van der Waals surface area contributed by atoms with Crippen LogP contribution < -0.4 is 4.57 Å². The standard InChI is InChI=1S/C22H43N2.CHNS/c1-3-4-5-6-7-8-9-10-11-12-13-14-15-16-17-18-19-24-21-20-23(2)22-24;2-1-3/h20-22H,3-19H2,1-2H3;3H/q+1;/p-1. The highest BCUT2D eigenvalue weighted by atomic mass is 32.1. The summed E-state index contributed by atoms with van der Waals surface area (Å²) >= 11 is 3.70. The molecule has 0 radical (unpaired) electrons. The Balaban J connectivity index is 0.00000210. The summed E-state index contributed by atoms with van der Waals surface area (Å²) < 4.78 is 4.41. The number of thiocyanates is 1. The molecule has 0 fully saturated rings. The molecular weight excluding hydrogens is 350 g/mol. The minimum atomic E-state index is 1.18. The molecule has 0 spiro atoms. The highest BCUT2D eigenvalue weighted by molar-refractivity contribution is 7.64. The van der Waals surface area contributed by atoms with Crippen molar-refractivity contribution in [2.24, 2.45) is 7.05 Å². The molecule has 156 valence electrons. The minimum absolute atomic E-state index is 1.18. The molecule has 0 aliphatic rings. The van der Waals surface area contributed by atoms with E-state index in [2.05, 4.69) is 54.5 Å². The van der Waals surface area contributed by atoms with Crippen LogP contribution in [0, 0.1) is 10.7 Å². The van der Waals surface area contributed by atoms with E-state index in [9.17, 15) is 0 Å². The van der Waals surface area contributed by atoms with Gasteiger partial charge in [-0.3, -0.25) is 0 Å². The van der Waals surface area contributed by atoms with Gasteiger partial charge in [-0.1, -0.05) is 102 Å². The van der Waals surface area contributed by atoms with Crippen molar-refractivity contribution in [2.45, 2.75) is 116 Å². The van der Waals surface area contributed by atoms with Gasteiger partial charge >= 0.3 is 0 Å². The zero-order valence-electron chi connectivity index (χ0n) is 18.0. The van der Waals surface area contributed by atoms with Crippen LogP contribution in [-0.4, -0.2) is 4.57 Å². The van der Waals surface area contributed by atoms with Crippen molar-refractivity contribution in [2.75, 3.05) is 0 Å². The van der Waals surface area contributed by atoms with Crippen LogP contribution in [-0.2, 0) is 26.2 Å². The maximum absolute atomic E-state index is 7.13. The van der Waals surface area contributed by atoms with Gasteiger partial charge in [-0.05, 0) is 12.8 Å². The first-order valence-corrected chi connectivity index (χ1v) is 11.7. The van der Waals surface area contributed by atoms with Crippen molar-refractivity contribution in [3.63, 3.8) is 0 Å². The Morgan fingerprint density at radius 1 is 0.778 bits per heavy atom. The minimum Gasteiger partial charge on any atom is -0.696 e. The Hall–Kier alpha value is -1.08. The molecule has 0 amide bonds. The van der Waals surface area contributed by atoms with Crippen LogP contribution in [0.5, 0.6) is 0 Å². The summed E-state index contributed by atoms with van der Waals surface area (Å²) in [6.07, 6.45) is 29.5. The highest BCUT2D eigenvalue weighted by Gasteiger charge is 1.99. The number of imidazole rings is 1. The van der Waals surface area contributed by atoms with Gasteiger partial charge in [0.25, 0.3) is 0 Å². The van der Waals surface area contributed by atoms with Gasteiger partial charge in [0.1, 0.15) is 12.4 Å². The molecule has 3 nitrogen and oxygen atoms in total. The quantitative estimate of drug-likeness (QED) is 0.129. The molecule has 0 N–H and O–H groups in total. The molecular formula is C23H43N3S. The summed E-state index contributed by atoms with van der Waals surface area (Å²) in [7, 11) is 2.09. The zero-order valence-corrected chi connectivity index (χ0v) is 18.8. The van der Waals surface area contributed by atoms with Crippen molar-refractivity contribution in [3.8, 4) is 5.40 Å². The van der Waals surface area contributed by atoms with Crippen molar-refractivity contribution >= 4 is 12.6 Å². The first-order chi connectivity index (χ1) is 13.2. The Morgan fingerprint density at radius 3 is 1.48 bits per heavy atom. The van der Waals surface area contributed by atoms with Gasteiger partial charge in [-0.15, -0.1) is 0 Å². The normalized spacial score (nSPS) is 10.3. The Kier molecular flexibility index (Phi) is 20.4. The first-order valence-electron chi connectivity index (χ1n) is 11.3. The molecule has 1 heterocycles. The van der Waals surface area contributed by atoms with Gasteiger partial charge in [0, 0.05) is 0 Å². The van der Waals surface area contributed by atoms with Crippen molar-refractivity contribution in [1.29, 1.82) is 5.26 Å². The van der Waals surface area contributed by atoms with Gasteiger partial charge < -0.3 is 12.6 Å². The molecule has 0 saturated carbocycles. The van der Waals surface area contributed by atoms with Crippen LogP contribution in [0.25, 0.3) is 0 Å². The molecule has 4 heteroatoms. The lowest BCUT2D eigenvalue weighted by Crippen LogP contribution is -2.23. The third kappa shape index (κ3) is 19.5. The van der Waals surface area contributed by atoms with Gasteiger partial charge in [0.15, 0.2) is 0 Å². The second kappa shape index (κ2) is 21.2. The summed E-state index contributed by atoms with van der Waals surface area (Å²) in [5.41, 5.74) is 0. The number of aryl methyl sites for hydroxylation is 2. The molecule has 0 aliphatic carbocycles. The van der Waals surface area contributed by atoms with Crippen LogP contribution in [0.4, 0.5) is 0 Å². The Labute approximate surface area is 174 Å². The molecule has 0 atom stereocenters. The van der Waals surface area contributed by atoms with Crippen LogP contribution in [0.2, 0.25) is 0 Å². The molecule has 0 bridgehead atoms. The summed E-state index contributed by atoms with van der Waals surface area (Å²) in [6, 6.07) is 0. The molecule has 27 heavy (non-hydrogen) atoms. The van der Waals surface area contributed by atoms with E-state index >= 15 is 0 Å². The lowest BCUT2D eigenvalue weighted by Gasteiger charge is -2.03. The molecule has 1 aromatic rings. The van der Waals surface area contributed by atoms with Crippen LogP contribution in [0.15, 0.2) is 18.7 Å². The van der Waals surface area contributed by atoms with E-state index in [0.29, 0.717) is 0 Å². The Morgan fingerprint density at radius 2 is 1.15 bits per heavy atom. The largest absolute Gasteiger partial charge is 0.696 e. The number of rotatable bonds is 17. The predicted molar refractivity (Wildman–Crippen MR) is 118 cm³/mol. The third-order valence-corrected chi connectivity index (χ3v) is 5.09. The average Bonchev–Trinajstić information content (AvgIpc) is 3.07. The third-order valence-electron chi connectivity index (χ3n) is 5.09. The van der Waals surface area contributed by atoms with Crippen LogP contribution in [0.1, 0.15) is 110 Å². The molecule has 1 aromatic heterocycles.